The number of benzene rings is 3. The number of fused-ring (bicyclic) bond motifs is 2. The highest BCUT2D eigenvalue weighted by Gasteiger charge is 2.54. The molecule has 0 aromatic heterocycles. The Morgan fingerprint density at radius 2 is 1.31 bits per heavy atom. The molecule has 0 spiro atoms. The van der Waals surface area contributed by atoms with E-state index in [1.807, 2.05) is 36.4 Å². The van der Waals surface area contributed by atoms with Crippen LogP contribution >= 0.6 is 0 Å². The molecule has 0 heterocycles. The molecule has 2 aliphatic carbocycles. The summed E-state index contributed by atoms with van der Waals surface area (Å²) in [7, 11) is 0. The van der Waals surface area contributed by atoms with Crippen LogP contribution in [0.1, 0.15) is 62.1 Å². The number of carboxylic acids is 1. The maximum atomic E-state index is 13.6. The van der Waals surface area contributed by atoms with Crippen molar-refractivity contribution in [2.45, 2.75) is 77.2 Å². The average molecular weight is 699 g/mol. The van der Waals surface area contributed by atoms with Crippen molar-refractivity contribution in [2.24, 2.45) is 23.7 Å². The number of carbonyl (C=O) groups is 5. The minimum atomic E-state index is -1.70. The van der Waals surface area contributed by atoms with Crippen LogP contribution in [0.3, 0.4) is 0 Å². The third kappa shape index (κ3) is 10.2. The normalized spacial score (nSPS) is 19.6. The highest BCUT2D eigenvalue weighted by atomic mass is 16.6. The number of carbonyl (C=O) groups excluding carboxylic acids is 4. The standard InChI is InChI=1S/C40H46N2O9/c1-2-3-10-21-41-36(43)32(42-37(44)33-29-17-18-30(23-29)34(33)38(45)46)22-26-15-19-31(20-16-26)51-35(39(47)49-24-27-11-6-4-7-12-27)40(48)50-25-28-13-8-5-9-14-28/h4-9,11-16,19-20,29-30,32-35H,2-3,10,17-18,21-25H2,1H3,(H,41,43)(H,42,44)(H,45,46)/t29-,30+,32-,33+,34-/m0/s1. The van der Waals surface area contributed by atoms with Gasteiger partial charge in [-0.1, -0.05) is 92.6 Å². The van der Waals surface area contributed by atoms with Gasteiger partial charge >= 0.3 is 17.9 Å². The van der Waals surface area contributed by atoms with Gasteiger partial charge < -0.3 is 30.0 Å². The molecule has 2 fully saturated rings. The van der Waals surface area contributed by atoms with Crippen molar-refractivity contribution in [3.8, 4) is 5.75 Å². The average Bonchev–Trinajstić information content (AvgIpc) is 3.77. The molecule has 2 amide bonds. The van der Waals surface area contributed by atoms with Crippen LogP contribution in [0.5, 0.6) is 5.75 Å². The van der Waals surface area contributed by atoms with Crippen LogP contribution in [-0.4, -0.2) is 53.5 Å². The Morgan fingerprint density at radius 1 is 0.745 bits per heavy atom. The molecular formula is C40H46N2O9. The minimum Gasteiger partial charge on any atom is -0.481 e. The van der Waals surface area contributed by atoms with Gasteiger partial charge in [0, 0.05) is 13.0 Å². The SMILES string of the molecule is CCCCCNC(=O)[C@H](Cc1ccc(OC(C(=O)OCc2ccccc2)C(=O)OCc2ccccc2)cc1)NC(=O)[C@@H]1[C@H]2CC[C@H](C2)[C@@H]1C(=O)O. The summed E-state index contributed by atoms with van der Waals surface area (Å²) >= 11 is 0. The second-order valence-electron chi connectivity index (χ2n) is 13.3. The molecule has 2 bridgehead atoms. The van der Waals surface area contributed by atoms with Crippen LogP contribution in [0.2, 0.25) is 0 Å². The van der Waals surface area contributed by atoms with Gasteiger partial charge in [0.2, 0.25) is 11.8 Å². The van der Waals surface area contributed by atoms with Crippen molar-refractivity contribution >= 4 is 29.7 Å². The number of unbranched alkanes of at least 4 members (excludes halogenated alkanes) is 2. The maximum absolute atomic E-state index is 13.6. The first kappa shape index (κ1) is 37.1. The molecule has 2 saturated carbocycles. The number of amides is 2. The second-order valence-corrected chi connectivity index (χ2v) is 13.3. The lowest BCUT2D eigenvalue weighted by Gasteiger charge is -2.29. The monoisotopic (exact) mass is 698 g/mol. The molecule has 0 saturated heterocycles. The van der Waals surface area contributed by atoms with E-state index in [1.54, 1.807) is 48.5 Å². The van der Waals surface area contributed by atoms with Gasteiger partial charge in [0.15, 0.2) is 0 Å². The van der Waals surface area contributed by atoms with Gasteiger partial charge in [-0.15, -0.1) is 0 Å². The Labute approximate surface area is 298 Å². The van der Waals surface area contributed by atoms with Crippen molar-refractivity contribution in [2.75, 3.05) is 6.54 Å². The Morgan fingerprint density at radius 3 is 1.86 bits per heavy atom. The lowest BCUT2D eigenvalue weighted by Crippen LogP contribution is -2.52. The predicted octanol–water partition coefficient (Wildman–Crippen LogP) is 5.00. The fraction of sp³-hybridized carbons (Fsp3) is 0.425. The van der Waals surface area contributed by atoms with Gasteiger partial charge in [0.05, 0.1) is 11.8 Å². The van der Waals surface area contributed by atoms with E-state index in [0.717, 1.165) is 43.2 Å². The Bertz CT molecular complexity index is 1580. The quantitative estimate of drug-likeness (QED) is 0.0945. The molecule has 3 aromatic rings. The largest absolute Gasteiger partial charge is 0.481 e. The zero-order valence-corrected chi connectivity index (χ0v) is 28.8. The molecule has 0 aliphatic heterocycles. The van der Waals surface area contributed by atoms with Crippen molar-refractivity contribution in [3.63, 3.8) is 0 Å². The maximum Gasteiger partial charge on any atom is 0.359 e. The van der Waals surface area contributed by atoms with E-state index in [-0.39, 0.29) is 43.1 Å². The lowest BCUT2D eigenvalue weighted by atomic mass is 9.78. The van der Waals surface area contributed by atoms with E-state index in [1.165, 1.54) is 0 Å². The van der Waals surface area contributed by atoms with Gasteiger partial charge in [0.1, 0.15) is 25.0 Å². The molecule has 0 radical (unpaired) electrons. The van der Waals surface area contributed by atoms with Gasteiger partial charge in [0.25, 0.3) is 6.10 Å². The van der Waals surface area contributed by atoms with Crippen molar-refractivity contribution in [3.05, 3.63) is 102 Å². The first-order valence-electron chi connectivity index (χ1n) is 17.7. The summed E-state index contributed by atoms with van der Waals surface area (Å²) in [4.78, 5) is 65.3. The summed E-state index contributed by atoms with van der Waals surface area (Å²) in [5.41, 5.74) is 2.15. The molecular weight excluding hydrogens is 652 g/mol. The van der Waals surface area contributed by atoms with Crippen LogP contribution in [0.15, 0.2) is 84.9 Å². The van der Waals surface area contributed by atoms with Gasteiger partial charge in [-0.2, -0.15) is 0 Å². The Kier molecular flexibility index (Phi) is 13.2. The van der Waals surface area contributed by atoms with Crippen LogP contribution in [0.4, 0.5) is 0 Å². The lowest BCUT2D eigenvalue weighted by molar-refractivity contribution is -0.168. The first-order chi connectivity index (χ1) is 24.7. The highest BCUT2D eigenvalue weighted by molar-refractivity contribution is 5.98. The second kappa shape index (κ2) is 18.2. The summed E-state index contributed by atoms with van der Waals surface area (Å²) in [6.07, 6.45) is 3.49. The fourth-order valence-electron chi connectivity index (χ4n) is 7.09. The van der Waals surface area contributed by atoms with Crippen molar-refractivity contribution < 1.29 is 43.3 Å². The number of nitrogens with one attached hydrogen (secondary N) is 2. The molecule has 270 valence electrons. The van der Waals surface area contributed by atoms with Crippen molar-refractivity contribution in [1.82, 2.24) is 10.6 Å². The van der Waals surface area contributed by atoms with E-state index in [0.29, 0.717) is 18.5 Å². The summed E-state index contributed by atoms with van der Waals surface area (Å²) in [6.45, 7) is 2.40. The highest BCUT2D eigenvalue weighted by Crippen LogP contribution is 2.52. The van der Waals surface area contributed by atoms with E-state index in [4.69, 9.17) is 14.2 Å². The fourth-order valence-corrected chi connectivity index (χ4v) is 7.09. The summed E-state index contributed by atoms with van der Waals surface area (Å²) in [6, 6.07) is 23.6. The zero-order chi connectivity index (χ0) is 36.2. The molecule has 5 atom stereocenters. The topological polar surface area (TPSA) is 157 Å². The third-order valence-corrected chi connectivity index (χ3v) is 9.71. The minimum absolute atomic E-state index is 0.00694. The number of hydrogen-bond donors (Lipinski definition) is 3. The van der Waals surface area contributed by atoms with Crippen LogP contribution < -0.4 is 15.4 Å². The van der Waals surface area contributed by atoms with Gasteiger partial charge in [-0.05, 0) is 66.3 Å². The van der Waals surface area contributed by atoms with E-state index in [9.17, 15) is 29.1 Å². The smallest absolute Gasteiger partial charge is 0.359 e. The number of aliphatic carboxylic acids is 1. The van der Waals surface area contributed by atoms with Crippen LogP contribution in [0.25, 0.3) is 0 Å². The number of rotatable bonds is 18. The van der Waals surface area contributed by atoms with Crippen LogP contribution in [0, 0.1) is 23.7 Å². The molecule has 11 nitrogen and oxygen atoms in total. The zero-order valence-electron chi connectivity index (χ0n) is 28.8. The Hall–Kier alpha value is -5.19. The van der Waals surface area contributed by atoms with Gasteiger partial charge in [-0.3, -0.25) is 14.4 Å². The molecule has 51 heavy (non-hydrogen) atoms. The predicted molar refractivity (Wildman–Crippen MR) is 187 cm³/mol. The number of ether oxygens (including phenoxy) is 3. The van der Waals surface area contributed by atoms with Gasteiger partial charge in [-0.25, -0.2) is 9.59 Å². The molecule has 3 N–H and O–H groups in total. The number of hydrogen-bond acceptors (Lipinski definition) is 8. The van der Waals surface area contributed by atoms with E-state index < -0.39 is 47.8 Å². The first-order valence-corrected chi connectivity index (χ1v) is 17.7. The summed E-state index contributed by atoms with van der Waals surface area (Å²) < 4.78 is 16.7. The van der Waals surface area contributed by atoms with Crippen molar-refractivity contribution in [1.29, 1.82) is 0 Å². The molecule has 3 aromatic carbocycles. The van der Waals surface area contributed by atoms with Crippen LogP contribution in [-0.2, 0) is 53.1 Å². The van der Waals surface area contributed by atoms with E-state index in [2.05, 4.69) is 17.6 Å². The molecule has 5 rings (SSSR count). The van der Waals surface area contributed by atoms with E-state index >= 15 is 0 Å². The third-order valence-electron chi connectivity index (χ3n) is 9.71. The Balaban J connectivity index is 1.27. The number of esters is 2. The molecule has 0 unspecified atom stereocenters. The summed E-state index contributed by atoms with van der Waals surface area (Å²) in [5.74, 6) is -4.82. The number of carboxylic acid groups (broad SMARTS) is 1. The molecule has 2 aliphatic rings. The summed E-state index contributed by atoms with van der Waals surface area (Å²) in [5, 5.41) is 15.7. The molecule has 11 heteroatoms.